The highest BCUT2D eigenvalue weighted by Gasteiger charge is 2.53. The number of alkyl halides is 1. The van der Waals surface area contributed by atoms with Crippen LogP contribution in [0.15, 0.2) is 15.9 Å². The highest BCUT2D eigenvalue weighted by Crippen LogP contribution is 2.55. The first kappa shape index (κ1) is 13.7. The van der Waals surface area contributed by atoms with Crippen molar-refractivity contribution in [2.45, 2.75) is 62.1 Å². The standard InChI is InChI=1S/C16H17BrFN3S/c17-13-6-5-12(22-13)16(7-10(18)8-16)15-20-19-14(9-1-2-9)21(15)11-3-4-11/h5-6,9-11H,1-4,7-8H2/t10-,16-. The molecule has 22 heavy (non-hydrogen) atoms. The molecule has 0 N–H and O–H groups in total. The first-order valence-electron chi connectivity index (χ1n) is 8.02. The molecule has 0 aromatic carbocycles. The molecule has 0 radical (unpaired) electrons. The Morgan fingerprint density at radius 1 is 1.18 bits per heavy atom. The van der Waals surface area contributed by atoms with Gasteiger partial charge in [-0.3, -0.25) is 0 Å². The Kier molecular flexibility index (Phi) is 2.88. The summed E-state index contributed by atoms with van der Waals surface area (Å²) in [5, 5.41) is 9.12. The van der Waals surface area contributed by atoms with Crippen LogP contribution in [0.25, 0.3) is 0 Å². The third-order valence-electron chi connectivity index (χ3n) is 5.19. The fourth-order valence-electron chi connectivity index (χ4n) is 3.70. The van der Waals surface area contributed by atoms with Crippen LogP contribution in [0.5, 0.6) is 0 Å². The third-order valence-corrected chi connectivity index (χ3v) is 7.02. The van der Waals surface area contributed by atoms with E-state index in [2.05, 4.69) is 42.8 Å². The van der Waals surface area contributed by atoms with Crippen LogP contribution in [0.2, 0.25) is 0 Å². The zero-order valence-electron chi connectivity index (χ0n) is 12.1. The number of nitrogens with zero attached hydrogens (tertiary/aromatic N) is 3. The molecule has 0 saturated heterocycles. The van der Waals surface area contributed by atoms with Crippen molar-refractivity contribution in [3.05, 3.63) is 32.4 Å². The van der Waals surface area contributed by atoms with Gasteiger partial charge in [0.2, 0.25) is 0 Å². The van der Waals surface area contributed by atoms with Gasteiger partial charge in [-0.15, -0.1) is 21.5 Å². The fraction of sp³-hybridized carbons (Fsp3) is 0.625. The molecular formula is C16H17BrFN3S. The Morgan fingerprint density at radius 3 is 2.50 bits per heavy atom. The van der Waals surface area contributed by atoms with E-state index in [4.69, 9.17) is 0 Å². The summed E-state index contributed by atoms with van der Waals surface area (Å²) in [5.74, 6) is 2.78. The zero-order valence-corrected chi connectivity index (χ0v) is 14.5. The maximum absolute atomic E-state index is 13.9. The number of halogens is 2. The molecule has 0 unspecified atom stereocenters. The molecule has 0 spiro atoms. The van der Waals surface area contributed by atoms with Crippen molar-refractivity contribution < 1.29 is 4.39 Å². The van der Waals surface area contributed by atoms with E-state index in [1.54, 1.807) is 11.3 Å². The Hall–Kier alpha value is -0.750. The van der Waals surface area contributed by atoms with Gasteiger partial charge in [0.25, 0.3) is 0 Å². The molecule has 3 fully saturated rings. The molecule has 5 rings (SSSR count). The van der Waals surface area contributed by atoms with Crippen molar-refractivity contribution in [1.82, 2.24) is 14.8 Å². The molecule has 6 heteroatoms. The molecule has 0 atom stereocenters. The number of thiophene rings is 1. The molecule has 2 aromatic heterocycles. The minimum Gasteiger partial charge on any atom is -0.311 e. The van der Waals surface area contributed by atoms with Crippen LogP contribution < -0.4 is 0 Å². The lowest BCUT2D eigenvalue weighted by molar-refractivity contribution is 0.116. The molecule has 2 heterocycles. The van der Waals surface area contributed by atoms with Crippen LogP contribution in [0.1, 0.15) is 67.0 Å². The van der Waals surface area contributed by atoms with Gasteiger partial charge in [-0.2, -0.15) is 0 Å². The smallest absolute Gasteiger partial charge is 0.145 e. The van der Waals surface area contributed by atoms with Crippen molar-refractivity contribution in [3.8, 4) is 0 Å². The number of aromatic nitrogens is 3. The molecular weight excluding hydrogens is 365 g/mol. The maximum atomic E-state index is 13.9. The summed E-state index contributed by atoms with van der Waals surface area (Å²) in [4.78, 5) is 1.23. The van der Waals surface area contributed by atoms with E-state index in [9.17, 15) is 4.39 Å². The molecule has 3 nitrogen and oxygen atoms in total. The molecule has 0 bridgehead atoms. The minimum absolute atomic E-state index is 0.251. The van der Waals surface area contributed by atoms with Crippen molar-refractivity contribution in [1.29, 1.82) is 0 Å². The topological polar surface area (TPSA) is 30.7 Å². The molecule has 3 aliphatic carbocycles. The van der Waals surface area contributed by atoms with Crippen LogP contribution >= 0.6 is 27.3 Å². The number of hydrogen-bond donors (Lipinski definition) is 0. The van der Waals surface area contributed by atoms with Crippen molar-refractivity contribution in [2.24, 2.45) is 0 Å². The Labute approximate surface area is 141 Å². The predicted molar refractivity (Wildman–Crippen MR) is 87.2 cm³/mol. The van der Waals surface area contributed by atoms with Gasteiger partial charge >= 0.3 is 0 Å². The number of rotatable bonds is 4. The van der Waals surface area contributed by atoms with E-state index in [-0.39, 0.29) is 5.41 Å². The van der Waals surface area contributed by atoms with Gasteiger partial charge in [0.15, 0.2) is 0 Å². The Morgan fingerprint density at radius 2 is 1.95 bits per heavy atom. The van der Waals surface area contributed by atoms with Gasteiger partial charge in [0, 0.05) is 16.8 Å². The molecule has 0 aliphatic heterocycles. The molecule has 3 saturated carbocycles. The van der Waals surface area contributed by atoms with E-state index < -0.39 is 6.17 Å². The van der Waals surface area contributed by atoms with Crippen LogP contribution in [0, 0.1) is 0 Å². The van der Waals surface area contributed by atoms with Crippen molar-refractivity contribution in [3.63, 3.8) is 0 Å². The summed E-state index contributed by atoms with van der Waals surface area (Å²) in [6, 6.07) is 4.75. The summed E-state index contributed by atoms with van der Waals surface area (Å²) in [5.41, 5.74) is -0.251. The summed E-state index contributed by atoms with van der Waals surface area (Å²) in [7, 11) is 0. The zero-order chi connectivity index (χ0) is 14.9. The van der Waals surface area contributed by atoms with Crippen LogP contribution in [0.3, 0.4) is 0 Å². The summed E-state index contributed by atoms with van der Waals surface area (Å²) < 4.78 is 17.3. The summed E-state index contributed by atoms with van der Waals surface area (Å²) in [6.07, 6.45) is 5.28. The predicted octanol–water partition coefficient (Wildman–Crippen LogP) is 4.73. The van der Waals surface area contributed by atoms with Gasteiger partial charge in [0.05, 0.1) is 9.20 Å². The van der Waals surface area contributed by atoms with E-state index in [1.807, 2.05) is 0 Å². The van der Waals surface area contributed by atoms with Crippen LogP contribution in [-0.2, 0) is 5.41 Å². The highest BCUT2D eigenvalue weighted by molar-refractivity contribution is 9.11. The molecule has 116 valence electrons. The second-order valence-corrected chi connectivity index (χ2v) is 9.41. The molecule has 0 amide bonds. The average Bonchev–Trinajstić information content (AvgIpc) is 3.39. The lowest BCUT2D eigenvalue weighted by atomic mass is 9.65. The summed E-state index contributed by atoms with van der Waals surface area (Å²) in [6.45, 7) is 0. The quantitative estimate of drug-likeness (QED) is 0.765. The first-order valence-corrected chi connectivity index (χ1v) is 9.63. The van der Waals surface area contributed by atoms with Gasteiger partial charge in [0.1, 0.15) is 17.8 Å². The molecule has 3 aliphatic rings. The Bertz CT molecular complexity index is 726. The monoisotopic (exact) mass is 381 g/mol. The van der Waals surface area contributed by atoms with E-state index in [1.165, 1.54) is 30.6 Å². The van der Waals surface area contributed by atoms with E-state index in [0.29, 0.717) is 24.8 Å². The van der Waals surface area contributed by atoms with Gasteiger partial charge in [-0.1, -0.05) is 0 Å². The van der Waals surface area contributed by atoms with E-state index >= 15 is 0 Å². The van der Waals surface area contributed by atoms with Crippen molar-refractivity contribution in [2.75, 3.05) is 0 Å². The number of hydrogen-bond acceptors (Lipinski definition) is 3. The Balaban J connectivity index is 1.64. The average molecular weight is 382 g/mol. The SMILES string of the molecule is F[C@H]1C[C@](c2ccc(Br)s2)(c2nnc(C3CC3)n2C2CC2)C1. The third kappa shape index (κ3) is 1.96. The van der Waals surface area contributed by atoms with E-state index in [0.717, 1.165) is 15.4 Å². The lowest BCUT2D eigenvalue weighted by Gasteiger charge is -2.42. The fourth-order valence-corrected chi connectivity index (χ4v) is 5.30. The van der Waals surface area contributed by atoms with Crippen LogP contribution in [-0.4, -0.2) is 20.9 Å². The summed E-state index contributed by atoms with van der Waals surface area (Å²) >= 11 is 5.26. The van der Waals surface area contributed by atoms with Crippen molar-refractivity contribution >= 4 is 27.3 Å². The first-order chi connectivity index (χ1) is 10.7. The van der Waals surface area contributed by atoms with Crippen LogP contribution in [0.4, 0.5) is 4.39 Å². The highest BCUT2D eigenvalue weighted by atomic mass is 79.9. The molecule has 2 aromatic rings. The largest absolute Gasteiger partial charge is 0.311 e. The van der Waals surface area contributed by atoms with Gasteiger partial charge in [-0.05, 0) is 66.6 Å². The normalized spacial score (nSPS) is 31.3. The second kappa shape index (κ2) is 4.63. The van der Waals surface area contributed by atoms with Gasteiger partial charge < -0.3 is 4.57 Å². The second-order valence-electron chi connectivity index (χ2n) is 6.95. The lowest BCUT2D eigenvalue weighted by Crippen LogP contribution is -2.45. The minimum atomic E-state index is -0.713. The van der Waals surface area contributed by atoms with Gasteiger partial charge in [-0.25, -0.2) is 4.39 Å². The maximum Gasteiger partial charge on any atom is 0.145 e.